The Morgan fingerprint density at radius 1 is 1.35 bits per heavy atom. The molecule has 5 heteroatoms. The van der Waals surface area contributed by atoms with E-state index in [-0.39, 0.29) is 0 Å². The number of aliphatic hydroxyl groups is 1. The number of rotatable bonds is 5. The molecule has 0 aliphatic heterocycles. The van der Waals surface area contributed by atoms with Crippen LogP contribution in [0.1, 0.15) is 38.9 Å². The van der Waals surface area contributed by atoms with Crippen LogP contribution in [0.2, 0.25) is 0 Å². The van der Waals surface area contributed by atoms with Gasteiger partial charge in [-0.05, 0) is 39.3 Å². The molecule has 0 aliphatic rings. The van der Waals surface area contributed by atoms with E-state index in [2.05, 4.69) is 5.32 Å². The quantitative estimate of drug-likeness (QED) is 0.769. The highest BCUT2D eigenvalue weighted by atomic mass is 16.6. The largest absolute Gasteiger partial charge is 0.444 e. The highest BCUT2D eigenvalue weighted by Crippen LogP contribution is 2.19. The molecular weight excluding hydrogens is 256 g/mol. The number of nitrogens with one attached hydrogen (secondary N) is 1. The van der Waals surface area contributed by atoms with Gasteiger partial charge in [0.2, 0.25) is 0 Å². The van der Waals surface area contributed by atoms with E-state index in [9.17, 15) is 9.90 Å². The number of alkyl carbamates (subject to hydrolysis) is 1. The molecule has 2 atom stereocenters. The van der Waals surface area contributed by atoms with E-state index in [0.717, 1.165) is 5.56 Å². The summed E-state index contributed by atoms with van der Waals surface area (Å²) < 4.78 is 5.20. The van der Waals surface area contributed by atoms with Gasteiger partial charge in [-0.1, -0.05) is 30.3 Å². The Balaban J connectivity index is 2.71. The molecule has 4 N–H and O–H groups in total. The summed E-state index contributed by atoms with van der Waals surface area (Å²) in [5.41, 5.74) is 5.71. The monoisotopic (exact) mass is 280 g/mol. The fraction of sp³-hybridized carbons (Fsp3) is 0.533. The summed E-state index contributed by atoms with van der Waals surface area (Å²) in [6.07, 6.45) is -0.895. The Kier molecular flexibility index (Phi) is 5.98. The van der Waals surface area contributed by atoms with Crippen LogP contribution in [0.4, 0.5) is 4.79 Å². The maximum absolute atomic E-state index is 11.8. The Hall–Kier alpha value is -1.59. The van der Waals surface area contributed by atoms with Gasteiger partial charge in [0, 0.05) is 0 Å². The Morgan fingerprint density at radius 3 is 2.45 bits per heavy atom. The standard InChI is InChI=1S/C15H24N2O3/c1-15(2,3)20-14(19)17-12(9-10-16)13(18)11-7-5-4-6-8-11/h4-8,12-13,18H,9-10,16H2,1-3H3,(H,17,19). The van der Waals surface area contributed by atoms with Gasteiger partial charge in [0.15, 0.2) is 0 Å². The predicted octanol–water partition coefficient (Wildman–Crippen LogP) is 1.96. The van der Waals surface area contributed by atoms with Crippen molar-refractivity contribution in [1.29, 1.82) is 0 Å². The molecular formula is C15H24N2O3. The van der Waals surface area contributed by atoms with E-state index in [1.54, 1.807) is 20.8 Å². The minimum absolute atomic E-state index is 0.365. The Morgan fingerprint density at radius 2 is 1.95 bits per heavy atom. The lowest BCUT2D eigenvalue weighted by molar-refractivity contribution is 0.0416. The average molecular weight is 280 g/mol. The van der Waals surface area contributed by atoms with Crippen molar-refractivity contribution in [1.82, 2.24) is 5.32 Å². The molecule has 0 saturated carbocycles. The smallest absolute Gasteiger partial charge is 0.407 e. The van der Waals surface area contributed by atoms with Crippen molar-refractivity contribution in [2.75, 3.05) is 6.54 Å². The number of carbonyl (C=O) groups excluding carboxylic acids is 1. The second-order valence-corrected chi connectivity index (χ2v) is 5.69. The summed E-state index contributed by atoms with van der Waals surface area (Å²) in [5, 5.41) is 13.0. The molecule has 5 nitrogen and oxygen atoms in total. The molecule has 0 radical (unpaired) electrons. The average Bonchev–Trinajstić information content (AvgIpc) is 2.36. The molecule has 0 aliphatic carbocycles. The van der Waals surface area contributed by atoms with Gasteiger partial charge in [-0.3, -0.25) is 0 Å². The van der Waals surface area contributed by atoms with Crippen LogP contribution in [0.3, 0.4) is 0 Å². The molecule has 112 valence electrons. The lowest BCUT2D eigenvalue weighted by atomic mass is 10.00. The molecule has 0 heterocycles. The van der Waals surface area contributed by atoms with Crippen molar-refractivity contribution in [3.63, 3.8) is 0 Å². The fourth-order valence-corrected chi connectivity index (χ4v) is 1.83. The zero-order chi connectivity index (χ0) is 15.2. The second-order valence-electron chi connectivity index (χ2n) is 5.69. The SMILES string of the molecule is CC(C)(C)OC(=O)NC(CCN)C(O)c1ccccc1. The number of aliphatic hydroxyl groups excluding tert-OH is 1. The summed E-state index contributed by atoms with van der Waals surface area (Å²) in [5.74, 6) is 0. The highest BCUT2D eigenvalue weighted by Gasteiger charge is 2.24. The highest BCUT2D eigenvalue weighted by molar-refractivity contribution is 5.68. The summed E-state index contributed by atoms with van der Waals surface area (Å²) in [7, 11) is 0. The summed E-state index contributed by atoms with van der Waals surface area (Å²) in [4.78, 5) is 11.8. The molecule has 0 spiro atoms. The number of hydrogen-bond donors (Lipinski definition) is 3. The lowest BCUT2D eigenvalue weighted by Crippen LogP contribution is -2.43. The predicted molar refractivity (Wildman–Crippen MR) is 78.2 cm³/mol. The zero-order valence-electron chi connectivity index (χ0n) is 12.3. The number of nitrogens with two attached hydrogens (primary N) is 1. The maximum Gasteiger partial charge on any atom is 0.407 e. The fourth-order valence-electron chi connectivity index (χ4n) is 1.83. The summed E-state index contributed by atoms with van der Waals surface area (Å²) >= 11 is 0. The van der Waals surface area contributed by atoms with E-state index in [0.29, 0.717) is 13.0 Å². The molecule has 0 bridgehead atoms. The van der Waals surface area contributed by atoms with Crippen LogP contribution in [-0.4, -0.2) is 29.4 Å². The van der Waals surface area contributed by atoms with E-state index < -0.39 is 23.8 Å². The van der Waals surface area contributed by atoms with Gasteiger partial charge in [-0.2, -0.15) is 0 Å². The number of amides is 1. The van der Waals surface area contributed by atoms with Gasteiger partial charge >= 0.3 is 6.09 Å². The third kappa shape index (κ3) is 5.59. The molecule has 20 heavy (non-hydrogen) atoms. The van der Waals surface area contributed by atoms with Gasteiger partial charge in [0.05, 0.1) is 12.1 Å². The summed E-state index contributed by atoms with van der Waals surface area (Å²) in [6, 6.07) is 8.69. The van der Waals surface area contributed by atoms with E-state index in [4.69, 9.17) is 10.5 Å². The molecule has 1 aromatic rings. The van der Waals surface area contributed by atoms with Crippen LogP contribution >= 0.6 is 0 Å². The number of hydrogen-bond acceptors (Lipinski definition) is 4. The van der Waals surface area contributed by atoms with E-state index >= 15 is 0 Å². The molecule has 0 saturated heterocycles. The third-order valence-corrected chi connectivity index (χ3v) is 2.70. The van der Waals surface area contributed by atoms with Gasteiger partial charge < -0.3 is 20.9 Å². The molecule has 2 unspecified atom stereocenters. The summed E-state index contributed by atoms with van der Waals surface area (Å²) in [6.45, 7) is 5.73. The lowest BCUT2D eigenvalue weighted by Gasteiger charge is -2.26. The topological polar surface area (TPSA) is 84.6 Å². The van der Waals surface area contributed by atoms with Crippen LogP contribution in [0, 0.1) is 0 Å². The zero-order valence-corrected chi connectivity index (χ0v) is 12.3. The third-order valence-electron chi connectivity index (χ3n) is 2.70. The first-order valence-electron chi connectivity index (χ1n) is 6.76. The van der Waals surface area contributed by atoms with Crippen LogP contribution in [0.25, 0.3) is 0 Å². The normalized spacial score (nSPS) is 14.4. The second kappa shape index (κ2) is 7.26. The van der Waals surface area contributed by atoms with Crippen molar-refractivity contribution in [2.24, 2.45) is 5.73 Å². The Labute approximate surface area is 120 Å². The number of carbonyl (C=O) groups is 1. The van der Waals surface area contributed by atoms with Crippen molar-refractivity contribution in [2.45, 2.75) is 44.9 Å². The van der Waals surface area contributed by atoms with Crippen LogP contribution in [0.15, 0.2) is 30.3 Å². The molecule has 1 rings (SSSR count). The van der Waals surface area contributed by atoms with E-state index in [1.807, 2.05) is 30.3 Å². The molecule has 0 aromatic heterocycles. The van der Waals surface area contributed by atoms with Crippen molar-refractivity contribution < 1.29 is 14.6 Å². The number of ether oxygens (including phenoxy) is 1. The van der Waals surface area contributed by atoms with Crippen molar-refractivity contribution in [3.05, 3.63) is 35.9 Å². The van der Waals surface area contributed by atoms with Crippen LogP contribution < -0.4 is 11.1 Å². The van der Waals surface area contributed by atoms with E-state index in [1.165, 1.54) is 0 Å². The molecule has 1 aromatic carbocycles. The van der Waals surface area contributed by atoms with Gasteiger partial charge in [-0.15, -0.1) is 0 Å². The first kappa shape index (κ1) is 16.5. The Bertz CT molecular complexity index is 415. The van der Waals surface area contributed by atoms with Gasteiger partial charge in [0.1, 0.15) is 5.60 Å². The van der Waals surface area contributed by atoms with Gasteiger partial charge in [0.25, 0.3) is 0 Å². The first-order chi connectivity index (χ1) is 9.33. The molecule has 1 amide bonds. The first-order valence-corrected chi connectivity index (χ1v) is 6.76. The number of benzene rings is 1. The minimum atomic E-state index is -0.813. The van der Waals surface area contributed by atoms with Crippen LogP contribution in [-0.2, 0) is 4.74 Å². The van der Waals surface area contributed by atoms with Crippen molar-refractivity contribution in [3.8, 4) is 0 Å². The van der Waals surface area contributed by atoms with Crippen molar-refractivity contribution >= 4 is 6.09 Å². The molecule has 0 fully saturated rings. The van der Waals surface area contributed by atoms with Crippen LogP contribution in [0.5, 0.6) is 0 Å². The maximum atomic E-state index is 11.8. The minimum Gasteiger partial charge on any atom is -0.444 e. The van der Waals surface area contributed by atoms with Gasteiger partial charge in [-0.25, -0.2) is 4.79 Å².